The first-order valence-electron chi connectivity index (χ1n) is 10.1. The van der Waals surface area contributed by atoms with Crippen molar-refractivity contribution in [1.29, 1.82) is 0 Å². The summed E-state index contributed by atoms with van der Waals surface area (Å²) in [5, 5.41) is 13.0. The van der Waals surface area contributed by atoms with Crippen molar-refractivity contribution in [1.82, 2.24) is 0 Å². The van der Waals surface area contributed by atoms with Crippen molar-refractivity contribution >= 4 is 35.5 Å². The van der Waals surface area contributed by atoms with Crippen molar-refractivity contribution in [3.63, 3.8) is 0 Å². The number of nitrogens with two attached hydrogens (primary N) is 1. The number of ether oxygens (including phenoxy) is 3. The Hall–Kier alpha value is -4.39. The number of hydrogen-bond acceptors (Lipinski definition) is 6. The lowest BCUT2D eigenvalue weighted by atomic mass is 10.1. The summed E-state index contributed by atoms with van der Waals surface area (Å²) in [6, 6.07) is 15.8. The topological polar surface area (TPSA) is 103 Å². The number of nitrogens with one attached hydrogen (secondary N) is 1. The first-order chi connectivity index (χ1) is 15.9. The van der Waals surface area contributed by atoms with E-state index in [0.29, 0.717) is 28.6 Å². The molecule has 4 N–H and O–H groups in total. The summed E-state index contributed by atoms with van der Waals surface area (Å²) in [6.07, 6.45) is 6.71. The molecule has 0 aliphatic rings. The average Bonchev–Trinajstić information content (AvgIpc) is 2.82. The van der Waals surface area contributed by atoms with Gasteiger partial charge < -0.3 is 30.4 Å². The van der Waals surface area contributed by atoms with Crippen LogP contribution in [0, 0.1) is 0 Å². The van der Waals surface area contributed by atoms with Crippen LogP contribution in [0.2, 0.25) is 0 Å². The fraction of sp³-hybridized carbons (Fsp3) is 0.115. The minimum atomic E-state index is -0.367. The monoisotopic (exact) mass is 446 g/mol. The number of aromatic hydroxyl groups is 1. The molecule has 0 saturated heterocycles. The van der Waals surface area contributed by atoms with Gasteiger partial charge in [0.2, 0.25) is 11.7 Å². The van der Waals surface area contributed by atoms with Gasteiger partial charge in [-0.15, -0.1) is 0 Å². The van der Waals surface area contributed by atoms with Crippen LogP contribution >= 0.6 is 0 Å². The summed E-state index contributed by atoms with van der Waals surface area (Å²) in [5.74, 6) is 1.19. The van der Waals surface area contributed by atoms with Crippen molar-refractivity contribution in [2.75, 3.05) is 32.4 Å². The van der Waals surface area contributed by atoms with Crippen LogP contribution in [-0.4, -0.2) is 32.3 Å². The van der Waals surface area contributed by atoms with Gasteiger partial charge in [-0.25, -0.2) is 0 Å². The summed E-state index contributed by atoms with van der Waals surface area (Å²) in [7, 11) is 4.66. The van der Waals surface area contributed by atoms with Crippen LogP contribution in [0.5, 0.6) is 23.0 Å². The van der Waals surface area contributed by atoms with Gasteiger partial charge in [0.05, 0.1) is 27.0 Å². The van der Waals surface area contributed by atoms with Crippen molar-refractivity contribution in [3.05, 3.63) is 77.4 Å². The predicted octanol–water partition coefficient (Wildman–Crippen LogP) is 4.82. The van der Waals surface area contributed by atoms with Gasteiger partial charge >= 0.3 is 0 Å². The third-order valence-corrected chi connectivity index (χ3v) is 4.77. The molecule has 7 heteroatoms. The van der Waals surface area contributed by atoms with Crippen molar-refractivity contribution in [2.24, 2.45) is 0 Å². The molecule has 0 fully saturated rings. The fourth-order valence-corrected chi connectivity index (χ4v) is 3.16. The first kappa shape index (κ1) is 23.3. The van der Waals surface area contributed by atoms with Gasteiger partial charge in [-0.05, 0) is 59.2 Å². The highest BCUT2D eigenvalue weighted by Crippen LogP contribution is 2.38. The zero-order chi connectivity index (χ0) is 23.8. The number of anilines is 2. The summed E-state index contributed by atoms with van der Waals surface area (Å²) in [5.41, 5.74) is 9.04. The van der Waals surface area contributed by atoms with Gasteiger partial charge in [-0.2, -0.15) is 0 Å². The first-order valence-corrected chi connectivity index (χ1v) is 10.1. The van der Waals surface area contributed by atoms with Crippen molar-refractivity contribution in [3.8, 4) is 23.0 Å². The molecule has 0 aliphatic carbocycles. The molecule has 0 saturated carbocycles. The Kier molecular flexibility index (Phi) is 7.60. The van der Waals surface area contributed by atoms with Gasteiger partial charge in [0.25, 0.3) is 0 Å². The molecule has 170 valence electrons. The highest BCUT2D eigenvalue weighted by Gasteiger charge is 2.12. The molecule has 3 aromatic rings. The number of benzene rings is 3. The van der Waals surface area contributed by atoms with Gasteiger partial charge in [0, 0.05) is 11.8 Å². The van der Waals surface area contributed by atoms with Gasteiger partial charge in [-0.1, -0.05) is 30.4 Å². The van der Waals surface area contributed by atoms with E-state index in [0.717, 1.165) is 16.7 Å². The minimum Gasteiger partial charge on any atom is -0.506 e. The number of phenolic OH excluding ortho intramolecular Hbond substituents is 1. The maximum atomic E-state index is 12.2. The Bertz CT molecular complexity index is 1180. The van der Waals surface area contributed by atoms with E-state index in [2.05, 4.69) is 5.32 Å². The maximum absolute atomic E-state index is 12.2. The number of hydrogen-bond donors (Lipinski definition) is 3. The highest BCUT2D eigenvalue weighted by atomic mass is 16.5. The zero-order valence-electron chi connectivity index (χ0n) is 18.7. The molecular weight excluding hydrogens is 420 g/mol. The van der Waals surface area contributed by atoms with Crippen LogP contribution in [0.3, 0.4) is 0 Å². The minimum absolute atomic E-state index is 0.0484. The molecule has 1 amide bonds. The maximum Gasteiger partial charge on any atom is 0.248 e. The molecule has 7 nitrogen and oxygen atoms in total. The summed E-state index contributed by atoms with van der Waals surface area (Å²) in [6.45, 7) is 0. The predicted molar refractivity (Wildman–Crippen MR) is 132 cm³/mol. The van der Waals surface area contributed by atoms with E-state index < -0.39 is 0 Å². The molecule has 0 spiro atoms. The molecular formula is C26H26N2O5. The second-order valence-corrected chi connectivity index (χ2v) is 7.06. The van der Waals surface area contributed by atoms with E-state index in [1.807, 2.05) is 36.4 Å². The largest absolute Gasteiger partial charge is 0.506 e. The van der Waals surface area contributed by atoms with E-state index in [4.69, 9.17) is 19.9 Å². The van der Waals surface area contributed by atoms with E-state index >= 15 is 0 Å². The Morgan fingerprint density at radius 2 is 1.52 bits per heavy atom. The Labute approximate surface area is 192 Å². The number of amides is 1. The lowest BCUT2D eigenvalue weighted by Gasteiger charge is -2.12. The number of carbonyl (C=O) groups is 1. The van der Waals surface area contributed by atoms with E-state index in [1.54, 1.807) is 57.7 Å². The molecule has 0 aliphatic heterocycles. The molecule has 0 radical (unpaired) electrons. The molecule has 0 bridgehead atoms. The lowest BCUT2D eigenvalue weighted by Crippen LogP contribution is -2.07. The smallest absolute Gasteiger partial charge is 0.248 e. The zero-order valence-corrected chi connectivity index (χ0v) is 18.7. The number of nitrogen functional groups attached to an aromatic ring is 1. The second-order valence-electron chi connectivity index (χ2n) is 7.06. The molecule has 3 aromatic carbocycles. The van der Waals surface area contributed by atoms with Gasteiger partial charge in [0.1, 0.15) is 5.75 Å². The number of rotatable bonds is 8. The van der Waals surface area contributed by atoms with Crippen LogP contribution in [-0.2, 0) is 4.79 Å². The molecule has 3 rings (SSSR count). The molecule has 33 heavy (non-hydrogen) atoms. The van der Waals surface area contributed by atoms with Crippen LogP contribution in [0.15, 0.2) is 60.7 Å². The summed E-state index contributed by atoms with van der Waals surface area (Å²) < 4.78 is 16.1. The lowest BCUT2D eigenvalue weighted by molar-refractivity contribution is -0.111. The van der Waals surface area contributed by atoms with Crippen LogP contribution in [0.25, 0.3) is 18.2 Å². The SMILES string of the molecule is COc1cc(/C=C/c2ccc(NC(=O)/C=C/c3cccc(N)c3)c(O)c2)cc(OC)c1OC. The van der Waals surface area contributed by atoms with E-state index in [-0.39, 0.29) is 11.7 Å². The van der Waals surface area contributed by atoms with Gasteiger partial charge in [-0.3, -0.25) is 4.79 Å². The Balaban J connectivity index is 1.72. The highest BCUT2D eigenvalue weighted by molar-refractivity contribution is 6.02. The normalized spacial score (nSPS) is 11.0. The van der Waals surface area contributed by atoms with Crippen LogP contribution in [0.1, 0.15) is 16.7 Å². The van der Waals surface area contributed by atoms with Crippen LogP contribution < -0.4 is 25.3 Å². The van der Waals surface area contributed by atoms with E-state index in [9.17, 15) is 9.90 Å². The number of methoxy groups -OCH3 is 3. The fourth-order valence-electron chi connectivity index (χ4n) is 3.16. The van der Waals surface area contributed by atoms with Crippen molar-refractivity contribution < 1.29 is 24.1 Å². The quantitative estimate of drug-likeness (QED) is 0.198. The van der Waals surface area contributed by atoms with E-state index in [1.165, 1.54) is 6.08 Å². The Morgan fingerprint density at radius 3 is 2.12 bits per heavy atom. The number of phenols is 1. The summed E-state index contributed by atoms with van der Waals surface area (Å²) in [4.78, 5) is 12.2. The van der Waals surface area contributed by atoms with Crippen molar-refractivity contribution in [2.45, 2.75) is 0 Å². The van der Waals surface area contributed by atoms with Gasteiger partial charge in [0.15, 0.2) is 11.5 Å². The number of carbonyl (C=O) groups excluding carboxylic acids is 1. The standard InChI is InChI=1S/C26H26N2O5/c1-31-23-15-19(16-24(32-2)26(23)33-3)8-7-18-9-11-21(22(29)14-18)28-25(30)12-10-17-5-4-6-20(27)13-17/h4-16,29H,27H2,1-3H3,(H,28,30)/b8-7+,12-10+. The molecule has 0 heterocycles. The second kappa shape index (κ2) is 10.8. The average molecular weight is 447 g/mol. The van der Waals surface area contributed by atoms with Crippen LogP contribution in [0.4, 0.5) is 11.4 Å². The molecule has 0 atom stereocenters. The third kappa shape index (κ3) is 6.07. The molecule has 0 unspecified atom stereocenters. The third-order valence-electron chi connectivity index (χ3n) is 4.77. The summed E-state index contributed by atoms with van der Waals surface area (Å²) >= 11 is 0. The molecule has 0 aromatic heterocycles. The Morgan fingerprint density at radius 1 is 0.848 bits per heavy atom.